The fourth-order valence-electron chi connectivity index (χ4n) is 7.35. The number of Topliss-reactive ketones (excluding diaryl/α,β-unsaturated/α-hetero) is 2. The van der Waals surface area contributed by atoms with Crippen molar-refractivity contribution in [3.63, 3.8) is 0 Å². The smallest absolute Gasteiger partial charge is 0.417 e. The topological polar surface area (TPSA) is 173 Å². The molecular weight excluding hydrogens is 547 g/mol. The molecule has 0 spiro atoms. The predicted molar refractivity (Wildman–Crippen MR) is 138 cm³/mol. The normalized spacial score (nSPS) is 30.0. The number of aliphatic hydroxyl groups excluding tert-OH is 2. The third kappa shape index (κ3) is 4.08. The molecule has 1 aromatic carbocycles. The summed E-state index contributed by atoms with van der Waals surface area (Å²) in [5.74, 6) is -8.86. The lowest BCUT2D eigenvalue weighted by molar-refractivity contribution is -0.154. The largest absolute Gasteiger partial charge is 0.508 e. The van der Waals surface area contributed by atoms with Crippen LogP contribution in [0.4, 0.5) is 13.2 Å². The number of likely N-dealkylation sites (N-methyl/N-ethyl adjacent to an activating group) is 1. The van der Waals surface area contributed by atoms with Crippen LogP contribution in [-0.2, 0) is 27.0 Å². The summed E-state index contributed by atoms with van der Waals surface area (Å²) in [4.78, 5) is 41.2. The van der Waals surface area contributed by atoms with E-state index in [0.717, 1.165) is 6.07 Å². The Morgan fingerprint density at radius 2 is 1.85 bits per heavy atom. The van der Waals surface area contributed by atoms with Crippen LogP contribution in [0.3, 0.4) is 0 Å². The Morgan fingerprint density at radius 3 is 2.39 bits per heavy atom. The lowest BCUT2D eigenvalue weighted by Gasteiger charge is -2.51. The van der Waals surface area contributed by atoms with Gasteiger partial charge in [0, 0.05) is 17.5 Å². The van der Waals surface area contributed by atoms with E-state index in [-0.39, 0.29) is 30.6 Å². The Morgan fingerprint density at radius 1 is 1.20 bits per heavy atom. The van der Waals surface area contributed by atoms with Gasteiger partial charge in [0.15, 0.2) is 11.4 Å². The Bertz CT molecular complexity index is 1410. The molecule has 4 aliphatic rings. The molecule has 7 N–H and O–H groups in total. The van der Waals surface area contributed by atoms with Gasteiger partial charge in [-0.3, -0.25) is 19.3 Å². The van der Waals surface area contributed by atoms with Gasteiger partial charge in [-0.25, -0.2) is 0 Å². The van der Waals surface area contributed by atoms with E-state index in [1.807, 2.05) is 0 Å². The van der Waals surface area contributed by atoms with Crippen molar-refractivity contribution in [2.24, 2.45) is 17.6 Å². The number of nitrogens with two attached hydrogens (primary N) is 1. The SMILES string of the molecule is CCN(CC)[C@@H]1C(=O)C(C(N)=O)=C(O)[C@@]2(O)C(=O)C3=C(O)c4c(O)cc(C5CCCN5)c(C(F)(F)F)c4C[C@H]3C[C@@H]12. The van der Waals surface area contributed by atoms with Crippen molar-refractivity contribution < 1.29 is 48.0 Å². The Hall–Kier alpha value is -3.42. The van der Waals surface area contributed by atoms with Crippen molar-refractivity contribution in [2.45, 2.75) is 63.4 Å². The van der Waals surface area contributed by atoms with E-state index < -0.39 is 99.1 Å². The summed E-state index contributed by atoms with van der Waals surface area (Å²) in [6.07, 6.45) is -4.53. The van der Waals surface area contributed by atoms with E-state index >= 15 is 0 Å². The highest BCUT2D eigenvalue weighted by atomic mass is 19.4. The van der Waals surface area contributed by atoms with Crippen LogP contribution in [0, 0.1) is 11.8 Å². The van der Waals surface area contributed by atoms with E-state index in [4.69, 9.17) is 5.73 Å². The summed E-state index contributed by atoms with van der Waals surface area (Å²) in [5.41, 5.74) is -1.08. The van der Waals surface area contributed by atoms with E-state index in [9.17, 15) is 48.0 Å². The van der Waals surface area contributed by atoms with Gasteiger partial charge in [0.05, 0.1) is 17.2 Å². The number of hydrogen-bond acceptors (Lipinski definition) is 9. The fraction of sp³-hybridized carbons (Fsp3) is 0.536. The number of benzene rings is 1. The first-order valence-electron chi connectivity index (χ1n) is 13.6. The molecular formula is C28H32F3N3O7. The maximum absolute atomic E-state index is 14.6. The van der Waals surface area contributed by atoms with Crippen molar-refractivity contribution in [3.05, 3.63) is 45.2 Å². The van der Waals surface area contributed by atoms with Gasteiger partial charge in [-0.05, 0) is 68.4 Å². The Labute approximate surface area is 233 Å². The number of fused-ring (bicyclic) bond motifs is 3. The molecule has 13 heteroatoms. The Kier molecular flexibility index (Phi) is 6.98. The minimum Gasteiger partial charge on any atom is -0.508 e. The number of ketones is 2. The van der Waals surface area contributed by atoms with Gasteiger partial charge >= 0.3 is 6.18 Å². The molecule has 222 valence electrons. The first kappa shape index (κ1) is 29.1. The molecule has 0 aromatic heterocycles. The number of rotatable bonds is 5. The highest BCUT2D eigenvalue weighted by molar-refractivity contribution is 6.24. The second kappa shape index (κ2) is 9.85. The third-order valence-electron chi connectivity index (χ3n) is 9.12. The van der Waals surface area contributed by atoms with Crippen LogP contribution in [0.5, 0.6) is 5.75 Å². The lowest BCUT2D eigenvalue weighted by Crippen LogP contribution is -2.66. The number of amides is 1. The molecule has 1 aromatic rings. The molecule has 5 atom stereocenters. The van der Waals surface area contributed by atoms with Crippen LogP contribution in [0.2, 0.25) is 0 Å². The second-order valence-electron chi connectivity index (χ2n) is 11.1. The number of primary amides is 1. The van der Waals surface area contributed by atoms with Gasteiger partial charge < -0.3 is 31.5 Å². The molecule has 0 radical (unpaired) electrons. The van der Waals surface area contributed by atoms with Gasteiger partial charge in [-0.15, -0.1) is 0 Å². The summed E-state index contributed by atoms with van der Waals surface area (Å²) in [6.45, 7) is 4.39. The molecule has 1 heterocycles. The predicted octanol–water partition coefficient (Wildman–Crippen LogP) is 2.19. The molecule has 1 saturated carbocycles. The van der Waals surface area contributed by atoms with Crippen molar-refractivity contribution in [3.8, 4) is 5.75 Å². The first-order chi connectivity index (χ1) is 19.2. The second-order valence-corrected chi connectivity index (χ2v) is 11.1. The standard InChI is InChI=1S/C28H32F3N3O7/c1-3-34(4-2)21-14-9-11-8-13-18(16(35)10-12(15-6-5-7-33-15)20(13)28(29,30)31)22(36)17(11)24(38)27(14,41)25(39)19(23(21)37)26(32)40/h10-11,14-15,21,33,35-36,39,41H,3-9H2,1-2H3,(H2,32,40)/t11-,14-,15?,21-,27-/m0/s1. The van der Waals surface area contributed by atoms with Crippen LogP contribution in [-0.4, -0.2) is 74.1 Å². The first-order valence-corrected chi connectivity index (χ1v) is 13.6. The van der Waals surface area contributed by atoms with E-state index in [1.54, 1.807) is 18.7 Å². The van der Waals surface area contributed by atoms with Crippen molar-refractivity contribution >= 4 is 23.2 Å². The zero-order valence-corrected chi connectivity index (χ0v) is 22.5. The molecule has 2 fully saturated rings. The van der Waals surface area contributed by atoms with Crippen molar-refractivity contribution in [1.82, 2.24) is 10.2 Å². The fourth-order valence-corrected chi connectivity index (χ4v) is 7.35. The van der Waals surface area contributed by atoms with Gasteiger partial charge in [-0.1, -0.05) is 13.8 Å². The summed E-state index contributed by atoms with van der Waals surface area (Å²) < 4.78 is 43.8. The van der Waals surface area contributed by atoms with Gasteiger partial charge in [0.1, 0.15) is 22.8 Å². The number of halogens is 3. The number of nitrogens with one attached hydrogen (secondary N) is 1. The van der Waals surface area contributed by atoms with Crippen molar-refractivity contribution in [2.75, 3.05) is 19.6 Å². The quantitative estimate of drug-likeness (QED) is 0.286. The number of nitrogens with zero attached hydrogens (tertiary/aromatic N) is 1. The summed E-state index contributed by atoms with van der Waals surface area (Å²) in [5, 5.41) is 47.9. The van der Waals surface area contributed by atoms with Crippen LogP contribution < -0.4 is 11.1 Å². The number of phenolic OH excluding ortho intramolecular Hbond substituents is 1. The van der Waals surface area contributed by atoms with E-state index in [0.29, 0.717) is 19.4 Å². The molecule has 1 unspecified atom stereocenters. The number of phenols is 1. The van der Waals surface area contributed by atoms with Crippen LogP contribution in [0.1, 0.15) is 61.4 Å². The molecule has 10 nitrogen and oxygen atoms in total. The number of carbonyl (C=O) groups excluding carboxylic acids is 3. The molecule has 0 bridgehead atoms. The van der Waals surface area contributed by atoms with Crippen LogP contribution in [0.15, 0.2) is 23.0 Å². The number of alkyl halides is 3. The highest BCUT2D eigenvalue weighted by Gasteiger charge is 2.64. The average molecular weight is 580 g/mol. The number of aromatic hydroxyl groups is 1. The molecule has 1 amide bonds. The number of aliphatic hydroxyl groups is 3. The summed E-state index contributed by atoms with van der Waals surface area (Å²) in [7, 11) is 0. The number of hydrogen-bond donors (Lipinski definition) is 6. The van der Waals surface area contributed by atoms with Crippen molar-refractivity contribution in [1.29, 1.82) is 0 Å². The zero-order chi connectivity index (χ0) is 30.2. The van der Waals surface area contributed by atoms with E-state index in [2.05, 4.69) is 5.32 Å². The summed E-state index contributed by atoms with van der Waals surface area (Å²) >= 11 is 0. The maximum atomic E-state index is 14.6. The molecule has 3 aliphatic carbocycles. The molecule has 1 aliphatic heterocycles. The van der Waals surface area contributed by atoms with Gasteiger partial charge in [0.2, 0.25) is 5.78 Å². The monoisotopic (exact) mass is 579 g/mol. The van der Waals surface area contributed by atoms with Crippen LogP contribution in [0.25, 0.3) is 5.76 Å². The minimum absolute atomic E-state index is 0.165. The Balaban J connectivity index is 1.76. The highest BCUT2D eigenvalue weighted by Crippen LogP contribution is 2.55. The lowest BCUT2D eigenvalue weighted by atomic mass is 9.57. The average Bonchev–Trinajstić information content (AvgIpc) is 3.42. The molecule has 41 heavy (non-hydrogen) atoms. The van der Waals surface area contributed by atoms with Gasteiger partial charge in [0.25, 0.3) is 5.91 Å². The maximum Gasteiger partial charge on any atom is 0.417 e. The molecule has 1 saturated heterocycles. The third-order valence-corrected chi connectivity index (χ3v) is 9.12. The number of carbonyl (C=O) groups is 3. The van der Waals surface area contributed by atoms with Gasteiger partial charge in [-0.2, -0.15) is 13.2 Å². The van der Waals surface area contributed by atoms with Crippen LogP contribution >= 0.6 is 0 Å². The minimum atomic E-state index is -4.86. The molecule has 5 rings (SSSR count). The summed E-state index contributed by atoms with van der Waals surface area (Å²) in [6, 6.07) is -1.04. The zero-order valence-electron chi connectivity index (χ0n) is 22.5. The van der Waals surface area contributed by atoms with E-state index in [1.165, 1.54) is 0 Å².